The van der Waals surface area contributed by atoms with E-state index in [9.17, 15) is 13.2 Å². The number of hydrogen-bond acceptors (Lipinski definition) is 5. The van der Waals surface area contributed by atoms with Gasteiger partial charge in [0.25, 0.3) is 0 Å². The van der Waals surface area contributed by atoms with Crippen molar-refractivity contribution in [3.05, 3.63) is 22.8 Å². The average Bonchev–Trinajstić information content (AvgIpc) is 2.54. The number of carbonyl (C=O) groups excluding carboxylic acids is 1. The van der Waals surface area contributed by atoms with Crippen LogP contribution in [0, 0.1) is 0 Å². The maximum absolute atomic E-state index is 11.9. The molecule has 0 saturated carbocycles. The van der Waals surface area contributed by atoms with E-state index in [1.54, 1.807) is 14.0 Å². The zero-order valence-electron chi connectivity index (χ0n) is 13.2. The summed E-state index contributed by atoms with van der Waals surface area (Å²) in [6, 6.07) is 1.49. The van der Waals surface area contributed by atoms with Crippen LogP contribution in [0.5, 0.6) is 0 Å². The van der Waals surface area contributed by atoms with Gasteiger partial charge in [0.15, 0.2) is 0 Å². The number of pyridine rings is 1. The minimum absolute atomic E-state index is 0.0140. The fraction of sp³-hybridized carbons (Fsp3) is 0.571. The van der Waals surface area contributed by atoms with E-state index in [1.165, 1.54) is 16.6 Å². The molecule has 1 amide bonds. The molecule has 1 saturated heterocycles. The van der Waals surface area contributed by atoms with Gasteiger partial charge in [-0.15, -0.1) is 0 Å². The van der Waals surface area contributed by atoms with Crippen LogP contribution in [0.2, 0.25) is 5.02 Å². The smallest absolute Gasteiger partial charge is 0.250 e. The molecular formula is C14H21ClN4O3S. The van der Waals surface area contributed by atoms with Crippen molar-refractivity contribution in [2.75, 3.05) is 30.8 Å². The van der Waals surface area contributed by atoms with Crippen LogP contribution >= 0.6 is 11.6 Å². The minimum Gasteiger partial charge on any atom is -0.366 e. The highest BCUT2D eigenvalue weighted by Crippen LogP contribution is 2.28. The van der Waals surface area contributed by atoms with Crippen LogP contribution in [0.15, 0.2) is 12.3 Å². The summed E-state index contributed by atoms with van der Waals surface area (Å²) in [6.07, 6.45) is 2.81. The summed E-state index contributed by atoms with van der Waals surface area (Å²) in [6.45, 7) is 2.94. The van der Waals surface area contributed by atoms with Crippen LogP contribution in [-0.4, -0.2) is 55.5 Å². The molecule has 1 aliphatic heterocycles. The Morgan fingerprint density at radius 3 is 2.57 bits per heavy atom. The Bertz CT molecular complexity index is 687. The number of nitrogens with two attached hydrogens (primary N) is 1. The molecule has 1 aromatic rings. The number of carbonyl (C=O) groups is 1. The third-order valence-corrected chi connectivity index (χ3v) is 6.37. The van der Waals surface area contributed by atoms with Crippen LogP contribution < -0.4 is 10.6 Å². The second-order valence-electron chi connectivity index (χ2n) is 5.53. The molecule has 0 spiro atoms. The molecule has 0 aliphatic carbocycles. The first kappa shape index (κ1) is 18.0. The lowest BCUT2D eigenvalue weighted by Gasteiger charge is -2.36. The number of aromatic nitrogens is 1. The number of anilines is 1. The monoisotopic (exact) mass is 360 g/mol. The first-order valence-corrected chi connectivity index (χ1v) is 9.41. The van der Waals surface area contributed by atoms with Gasteiger partial charge in [-0.2, -0.15) is 0 Å². The molecule has 0 unspecified atom stereocenters. The van der Waals surface area contributed by atoms with Gasteiger partial charge in [0.1, 0.15) is 5.82 Å². The standard InChI is InChI=1S/C14H21ClN4O3S/c1-3-23(21,22)18(2)11-4-6-19(7-5-11)14-12(15)8-10(9-17-14)13(16)20/h8-9,11H,3-7H2,1-2H3,(H2,16,20). The summed E-state index contributed by atoms with van der Waals surface area (Å²) in [4.78, 5) is 17.3. The van der Waals surface area contributed by atoms with Gasteiger partial charge in [0, 0.05) is 32.4 Å². The van der Waals surface area contributed by atoms with E-state index in [4.69, 9.17) is 17.3 Å². The summed E-state index contributed by atoms with van der Waals surface area (Å²) in [5, 5.41) is 0.370. The van der Waals surface area contributed by atoms with Crippen LogP contribution in [0.4, 0.5) is 5.82 Å². The van der Waals surface area contributed by atoms with E-state index in [1.807, 2.05) is 4.90 Å². The fourth-order valence-corrected chi connectivity index (χ4v) is 4.03. The highest BCUT2D eigenvalue weighted by atomic mass is 35.5. The molecule has 128 valence electrons. The molecule has 1 fully saturated rings. The molecule has 2 N–H and O–H groups in total. The number of rotatable bonds is 5. The molecule has 0 aromatic carbocycles. The predicted octanol–water partition coefficient (Wildman–Crippen LogP) is 1.08. The van der Waals surface area contributed by atoms with Crippen molar-refractivity contribution in [1.82, 2.24) is 9.29 Å². The number of hydrogen-bond donors (Lipinski definition) is 1. The first-order valence-electron chi connectivity index (χ1n) is 7.42. The second-order valence-corrected chi connectivity index (χ2v) is 8.25. The topological polar surface area (TPSA) is 96.6 Å². The zero-order chi connectivity index (χ0) is 17.2. The molecule has 7 nitrogen and oxygen atoms in total. The van der Waals surface area contributed by atoms with Crippen LogP contribution in [0.25, 0.3) is 0 Å². The van der Waals surface area contributed by atoms with E-state index in [2.05, 4.69) is 4.98 Å². The second kappa shape index (κ2) is 7.02. The number of nitrogens with zero attached hydrogens (tertiary/aromatic N) is 3. The van der Waals surface area contributed by atoms with E-state index < -0.39 is 15.9 Å². The van der Waals surface area contributed by atoms with E-state index in [0.717, 1.165) is 0 Å². The van der Waals surface area contributed by atoms with Crippen molar-refractivity contribution >= 4 is 33.3 Å². The van der Waals surface area contributed by atoms with Crippen molar-refractivity contribution in [3.63, 3.8) is 0 Å². The van der Waals surface area contributed by atoms with Gasteiger partial charge in [-0.05, 0) is 25.8 Å². The fourth-order valence-electron chi connectivity index (χ4n) is 2.67. The van der Waals surface area contributed by atoms with Crippen molar-refractivity contribution in [3.8, 4) is 0 Å². The van der Waals surface area contributed by atoms with Crippen molar-refractivity contribution in [1.29, 1.82) is 0 Å². The quantitative estimate of drug-likeness (QED) is 0.847. The average molecular weight is 361 g/mol. The van der Waals surface area contributed by atoms with Crippen LogP contribution in [0.3, 0.4) is 0 Å². The van der Waals surface area contributed by atoms with E-state index in [-0.39, 0.29) is 17.4 Å². The zero-order valence-corrected chi connectivity index (χ0v) is 14.8. The molecule has 23 heavy (non-hydrogen) atoms. The Morgan fingerprint density at radius 2 is 2.09 bits per heavy atom. The van der Waals surface area contributed by atoms with Crippen molar-refractivity contribution < 1.29 is 13.2 Å². The van der Waals surface area contributed by atoms with Gasteiger partial charge in [-0.1, -0.05) is 11.6 Å². The molecule has 2 heterocycles. The Morgan fingerprint density at radius 1 is 1.48 bits per heavy atom. The van der Waals surface area contributed by atoms with Crippen molar-refractivity contribution in [2.24, 2.45) is 5.73 Å². The van der Waals surface area contributed by atoms with Gasteiger partial charge in [-0.3, -0.25) is 4.79 Å². The number of primary amides is 1. The van der Waals surface area contributed by atoms with Gasteiger partial charge < -0.3 is 10.6 Å². The van der Waals surface area contributed by atoms with Gasteiger partial charge >= 0.3 is 0 Å². The van der Waals surface area contributed by atoms with Crippen LogP contribution in [0.1, 0.15) is 30.1 Å². The first-order chi connectivity index (χ1) is 10.8. The summed E-state index contributed by atoms with van der Waals surface area (Å²) in [5.74, 6) is 0.123. The lowest BCUT2D eigenvalue weighted by molar-refractivity contribution is 0.1000. The summed E-state index contributed by atoms with van der Waals surface area (Å²) < 4.78 is 25.3. The maximum Gasteiger partial charge on any atom is 0.250 e. The highest BCUT2D eigenvalue weighted by molar-refractivity contribution is 7.89. The number of piperidine rings is 1. The van der Waals surface area contributed by atoms with Gasteiger partial charge in [0.2, 0.25) is 15.9 Å². The lowest BCUT2D eigenvalue weighted by Crippen LogP contribution is -2.46. The molecular weight excluding hydrogens is 340 g/mol. The van der Waals surface area contributed by atoms with E-state index >= 15 is 0 Å². The van der Waals surface area contributed by atoms with Crippen LogP contribution in [-0.2, 0) is 10.0 Å². The third kappa shape index (κ3) is 3.94. The highest BCUT2D eigenvalue weighted by Gasteiger charge is 2.29. The molecule has 2 rings (SSSR count). The predicted molar refractivity (Wildman–Crippen MR) is 90.2 cm³/mol. The van der Waals surface area contributed by atoms with Gasteiger partial charge in [-0.25, -0.2) is 17.7 Å². The number of halogens is 1. The molecule has 0 bridgehead atoms. The summed E-state index contributed by atoms with van der Waals surface area (Å²) in [7, 11) is -1.55. The molecule has 0 radical (unpaired) electrons. The van der Waals surface area contributed by atoms with Gasteiger partial charge in [0.05, 0.1) is 16.3 Å². The molecule has 0 atom stereocenters. The molecule has 1 aliphatic rings. The Hall–Kier alpha value is -1.38. The largest absolute Gasteiger partial charge is 0.366 e. The lowest BCUT2D eigenvalue weighted by atomic mass is 10.1. The Kier molecular flexibility index (Phi) is 5.49. The van der Waals surface area contributed by atoms with E-state index in [0.29, 0.717) is 36.8 Å². The number of sulfonamides is 1. The Balaban J connectivity index is 2.06. The third-order valence-electron chi connectivity index (χ3n) is 4.19. The normalized spacial score (nSPS) is 16.8. The summed E-state index contributed by atoms with van der Waals surface area (Å²) >= 11 is 6.18. The molecule has 9 heteroatoms. The Labute approximate surface area is 141 Å². The minimum atomic E-state index is -3.18. The molecule has 1 aromatic heterocycles. The SMILES string of the molecule is CCS(=O)(=O)N(C)C1CCN(c2ncc(C(N)=O)cc2Cl)CC1. The van der Waals surface area contributed by atoms with Crippen molar-refractivity contribution in [2.45, 2.75) is 25.8 Å². The maximum atomic E-state index is 11.9. The number of amides is 1. The summed E-state index contributed by atoms with van der Waals surface area (Å²) in [5.41, 5.74) is 5.47.